The third-order valence-electron chi connectivity index (χ3n) is 4.80. The van der Waals surface area contributed by atoms with Crippen LogP contribution in [0.2, 0.25) is 0 Å². The highest BCUT2D eigenvalue weighted by Crippen LogP contribution is 2.27. The summed E-state index contributed by atoms with van der Waals surface area (Å²) in [5, 5.41) is 12.5. The number of carbonyl (C=O) groups excluding carboxylic acids is 1. The molecule has 3 aromatic rings. The minimum absolute atomic E-state index is 0.0385. The van der Waals surface area contributed by atoms with Crippen molar-refractivity contribution >= 4 is 17.5 Å². The second kappa shape index (κ2) is 9.90. The van der Waals surface area contributed by atoms with Gasteiger partial charge < -0.3 is 14.0 Å². The second-order valence-corrected chi connectivity index (χ2v) is 7.89. The van der Waals surface area contributed by atoms with Crippen LogP contribution < -0.4 is 4.74 Å². The lowest BCUT2D eigenvalue weighted by atomic mass is 10.2. The fourth-order valence-electron chi connectivity index (χ4n) is 3.59. The van der Waals surface area contributed by atoms with Crippen molar-refractivity contribution in [2.75, 3.05) is 26.1 Å². The lowest BCUT2D eigenvalue weighted by molar-refractivity contribution is 0.102. The van der Waals surface area contributed by atoms with E-state index in [0.717, 1.165) is 22.6 Å². The summed E-state index contributed by atoms with van der Waals surface area (Å²) in [6, 6.07) is 9.66. The van der Waals surface area contributed by atoms with Crippen LogP contribution in [0.5, 0.6) is 5.75 Å². The van der Waals surface area contributed by atoms with Crippen molar-refractivity contribution in [3.05, 3.63) is 47.3 Å². The summed E-state index contributed by atoms with van der Waals surface area (Å²) in [7, 11) is 1.68. The number of aromatic nitrogens is 5. The van der Waals surface area contributed by atoms with Crippen molar-refractivity contribution in [3.63, 3.8) is 0 Å². The quantitative estimate of drug-likeness (QED) is 0.359. The van der Waals surface area contributed by atoms with E-state index in [0.29, 0.717) is 24.1 Å². The van der Waals surface area contributed by atoms with Gasteiger partial charge in [0.05, 0.1) is 25.0 Å². The zero-order valence-corrected chi connectivity index (χ0v) is 18.8. The molecule has 0 spiro atoms. The number of thioether (sulfide) groups is 1. The molecule has 0 radical (unpaired) electrons. The van der Waals surface area contributed by atoms with Crippen molar-refractivity contribution < 1.29 is 14.3 Å². The summed E-state index contributed by atoms with van der Waals surface area (Å²) in [5.74, 6) is 0.966. The highest BCUT2D eigenvalue weighted by Gasteiger charge is 2.20. The fourth-order valence-corrected chi connectivity index (χ4v) is 4.36. The summed E-state index contributed by atoms with van der Waals surface area (Å²) in [5.41, 5.74) is 3.45. The minimum atomic E-state index is 0.0385. The van der Waals surface area contributed by atoms with Crippen LogP contribution in [0.4, 0.5) is 0 Å². The largest absolute Gasteiger partial charge is 0.492 e. The number of tetrazole rings is 1. The molecule has 3 rings (SSSR count). The molecule has 2 aromatic heterocycles. The van der Waals surface area contributed by atoms with Gasteiger partial charge >= 0.3 is 0 Å². The third-order valence-corrected chi connectivity index (χ3v) is 5.72. The topological polar surface area (TPSA) is 84.1 Å². The van der Waals surface area contributed by atoms with Gasteiger partial charge in [0.1, 0.15) is 11.4 Å². The van der Waals surface area contributed by atoms with Gasteiger partial charge in [-0.2, -0.15) is 4.68 Å². The summed E-state index contributed by atoms with van der Waals surface area (Å²) in [6.07, 6.45) is 0. The van der Waals surface area contributed by atoms with Crippen molar-refractivity contribution in [2.45, 2.75) is 38.9 Å². The van der Waals surface area contributed by atoms with E-state index in [4.69, 9.17) is 9.47 Å². The standard InChI is InChI=1S/C21H27N5O3S/c1-6-29-20-10-8-7-9-18(20)26-21(22-23-24-26)30-13-19(27)17-11-14(2)25(16(17)4)15(3)12-28-5/h7-11,15H,6,12-13H2,1-5H3. The van der Waals surface area contributed by atoms with Gasteiger partial charge in [-0.15, -0.1) is 5.10 Å². The Morgan fingerprint density at radius 3 is 2.77 bits per heavy atom. The first-order chi connectivity index (χ1) is 14.5. The maximum absolute atomic E-state index is 13.0. The molecule has 30 heavy (non-hydrogen) atoms. The Balaban J connectivity index is 1.78. The Kier molecular flexibility index (Phi) is 7.28. The molecular weight excluding hydrogens is 402 g/mol. The van der Waals surface area contributed by atoms with E-state index in [1.165, 1.54) is 11.8 Å². The van der Waals surface area contributed by atoms with Crippen LogP contribution in [0.3, 0.4) is 0 Å². The zero-order chi connectivity index (χ0) is 21.7. The van der Waals surface area contributed by atoms with Crippen LogP contribution in [-0.2, 0) is 4.74 Å². The van der Waals surface area contributed by atoms with E-state index >= 15 is 0 Å². The first-order valence-corrected chi connectivity index (χ1v) is 10.8. The van der Waals surface area contributed by atoms with Gasteiger partial charge in [-0.25, -0.2) is 0 Å². The van der Waals surface area contributed by atoms with E-state index in [1.807, 2.05) is 51.1 Å². The molecule has 0 aliphatic heterocycles. The summed E-state index contributed by atoms with van der Waals surface area (Å²) >= 11 is 1.31. The third kappa shape index (κ3) is 4.57. The predicted octanol–water partition coefficient (Wildman–Crippen LogP) is 3.66. The van der Waals surface area contributed by atoms with Crippen molar-refractivity contribution in [1.82, 2.24) is 24.8 Å². The van der Waals surface area contributed by atoms with E-state index in [-0.39, 0.29) is 17.6 Å². The number of aryl methyl sites for hydroxylation is 1. The molecule has 0 N–H and O–H groups in total. The van der Waals surface area contributed by atoms with Crippen LogP contribution in [0.15, 0.2) is 35.5 Å². The van der Waals surface area contributed by atoms with Gasteiger partial charge in [0.25, 0.3) is 0 Å². The first-order valence-electron chi connectivity index (χ1n) is 9.81. The molecule has 1 unspecified atom stereocenters. The van der Waals surface area contributed by atoms with Crippen LogP contribution >= 0.6 is 11.8 Å². The number of ether oxygens (including phenoxy) is 2. The number of carbonyl (C=O) groups is 1. The van der Waals surface area contributed by atoms with E-state index in [9.17, 15) is 4.79 Å². The number of Topliss-reactive ketones (excluding diaryl/α,β-unsaturated/α-hetero) is 1. The highest BCUT2D eigenvalue weighted by molar-refractivity contribution is 7.99. The van der Waals surface area contributed by atoms with E-state index in [2.05, 4.69) is 27.0 Å². The maximum Gasteiger partial charge on any atom is 0.214 e. The SMILES string of the molecule is CCOc1ccccc1-n1nnnc1SCC(=O)c1cc(C)n(C(C)COC)c1C. The molecule has 2 heterocycles. The predicted molar refractivity (Wildman–Crippen MR) is 116 cm³/mol. The smallest absolute Gasteiger partial charge is 0.214 e. The Bertz CT molecular complexity index is 1010. The lowest BCUT2D eigenvalue weighted by Gasteiger charge is -2.17. The number of hydrogen-bond acceptors (Lipinski definition) is 7. The molecule has 0 bridgehead atoms. The number of rotatable bonds is 10. The minimum Gasteiger partial charge on any atom is -0.492 e. The molecule has 0 saturated carbocycles. The van der Waals surface area contributed by atoms with Crippen LogP contribution in [-0.4, -0.2) is 56.6 Å². The Morgan fingerprint density at radius 2 is 2.03 bits per heavy atom. The van der Waals surface area contributed by atoms with Crippen molar-refractivity contribution in [3.8, 4) is 11.4 Å². The molecule has 8 nitrogen and oxygen atoms in total. The van der Waals surface area contributed by atoms with Gasteiger partial charge in [0.15, 0.2) is 5.78 Å². The summed E-state index contributed by atoms with van der Waals surface area (Å²) < 4.78 is 14.7. The van der Waals surface area contributed by atoms with Crippen LogP contribution in [0.1, 0.15) is 41.6 Å². The molecule has 1 atom stereocenters. The molecule has 9 heteroatoms. The number of methoxy groups -OCH3 is 1. The molecule has 0 saturated heterocycles. The number of benzene rings is 1. The molecule has 0 aliphatic carbocycles. The average Bonchev–Trinajstić information content (AvgIpc) is 3.31. The van der Waals surface area contributed by atoms with Crippen LogP contribution in [0, 0.1) is 13.8 Å². The zero-order valence-electron chi connectivity index (χ0n) is 18.0. The van der Waals surface area contributed by atoms with E-state index < -0.39 is 0 Å². The van der Waals surface area contributed by atoms with Gasteiger partial charge in [-0.05, 0) is 56.3 Å². The number of nitrogens with zero attached hydrogens (tertiary/aromatic N) is 5. The molecule has 0 amide bonds. The lowest BCUT2D eigenvalue weighted by Crippen LogP contribution is -2.15. The number of hydrogen-bond donors (Lipinski definition) is 0. The fraction of sp³-hybridized carbons (Fsp3) is 0.429. The number of ketones is 1. The Hall–Kier alpha value is -2.65. The van der Waals surface area contributed by atoms with Crippen molar-refractivity contribution in [1.29, 1.82) is 0 Å². The van der Waals surface area contributed by atoms with Crippen LogP contribution in [0.25, 0.3) is 5.69 Å². The normalized spacial score (nSPS) is 12.2. The molecular formula is C21H27N5O3S. The molecule has 1 aromatic carbocycles. The van der Waals surface area contributed by atoms with Gasteiger partial charge in [-0.3, -0.25) is 4.79 Å². The van der Waals surface area contributed by atoms with E-state index in [1.54, 1.807) is 11.8 Å². The molecule has 0 aliphatic rings. The second-order valence-electron chi connectivity index (χ2n) is 6.95. The summed E-state index contributed by atoms with van der Waals surface area (Å²) in [4.78, 5) is 13.0. The molecule has 0 fully saturated rings. The Morgan fingerprint density at radius 1 is 1.27 bits per heavy atom. The first kappa shape index (κ1) is 22.0. The Labute approximate surface area is 180 Å². The van der Waals surface area contributed by atoms with Gasteiger partial charge in [-0.1, -0.05) is 23.9 Å². The summed E-state index contributed by atoms with van der Waals surface area (Å²) in [6.45, 7) is 9.11. The monoisotopic (exact) mass is 429 g/mol. The maximum atomic E-state index is 13.0. The van der Waals surface area contributed by atoms with Gasteiger partial charge in [0, 0.05) is 24.1 Å². The average molecular weight is 430 g/mol. The highest BCUT2D eigenvalue weighted by atomic mass is 32.2. The van der Waals surface area contributed by atoms with Gasteiger partial charge in [0.2, 0.25) is 5.16 Å². The van der Waals surface area contributed by atoms with Crippen molar-refractivity contribution in [2.24, 2.45) is 0 Å². The molecule has 160 valence electrons. The number of para-hydroxylation sites is 2.